The highest BCUT2D eigenvalue weighted by atomic mass is 35.5. The molecule has 0 fully saturated rings. The number of nitrogens with zero attached hydrogens (tertiary/aromatic N) is 1. The molecule has 0 unspecified atom stereocenters. The zero-order chi connectivity index (χ0) is 15.9. The van der Waals surface area contributed by atoms with Gasteiger partial charge in [0.2, 0.25) is 0 Å². The third kappa shape index (κ3) is 2.85. The molecule has 0 aliphatic heterocycles. The lowest BCUT2D eigenvalue weighted by atomic mass is 10.1. The Kier molecular flexibility index (Phi) is 3.90. The Labute approximate surface area is 138 Å². The lowest BCUT2D eigenvalue weighted by Gasteiger charge is -2.03. The standard InChI is InChI=1S/C14H8Cl2N2O3S/c15-8-2-1-6(3-9(8)16)4-11-17-12(19)7-5-10(14(20)21)22-13(7)18-11/h1-3,5H,4H2,(H,20,21)(H,17,18,19). The molecule has 8 heteroatoms. The van der Waals surface area contributed by atoms with Crippen LogP contribution in [0.1, 0.15) is 21.1 Å². The summed E-state index contributed by atoms with van der Waals surface area (Å²) in [5.74, 6) is -0.636. The second-order valence-corrected chi connectivity index (χ2v) is 6.42. The predicted octanol–water partition coefficient (Wildman–Crippen LogP) is 3.58. The zero-order valence-corrected chi connectivity index (χ0v) is 13.2. The van der Waals surface area contributed by atoms with Crippen LogP contribution in [0.25, 0.3) is 10.2 Å². The van der Waals surface area contributed by atoms with E-state index in [1.807, 2.05) is 0 Å². The Morgan fingerprint density at radius 2 is 2.05 bits per heavy atom. The first kappa shape index (κ1) is 15.0. The highest BCUT2D eigenvalue weighted by Crippen LogP contribution is 2.24. The van der Waals surface area contributed by atoms with Crippen molar-refractivity contribution in [2.24, 2.45) is 0 Å². The summed E-state index contributed by atoms with van der Waals surface area (Å²) in [6, 6.07) is 6.49. The lowest BCUT2D eigenvalue weighted by molar-refractivity contribution is 0.0702. The second kappa shape index (κ2) is 5.72. The Morgan fingerprint density at radius 3 is 2.73 bits per heavy atom. The molecule has 2 N–H and O–H groups in total. The molecule has 0 saturated heterocycles. The van der Waals surface area contributed by atoms with Gasteiger partial charge < -0.3 is 10.1 Å². The average molecular weight is 355 g/mol. The van der Waals surface area contributed by atoms with Crippen LogP contribution in [0.15, 0.2) is 29.1 Å². The summed E-state index contributed by atoms with van der Waals surface area (Å²) in [4.78, 5) is 30.4. The molecule has 0 atom stereocenters. The molecule has 5 nitrogen and oxygen atoms in total. The SMILES string of the molecule is O=C(O)c1cc2c(=O)[nH]c(Cc3ccc(Cl)c(Cl)c3)nc2s1. The second-order valence-electron chi connectivity index (χ2n) is 4.57. The molecule has 0 radical (unpaired) electrons. The van der Waals surface area contributed by atoms with Gasteiger partial charge >= 0.3 is 5.97 Å². The monoisotopic (exact) mass is 354 g/mol. The maximum atomic E-state index is 12.0. The molecule has 2 aromatic heterocycles. The van der Waals surface area contributed by atoms with E-state index in [4.69, 9.17) is 28.3 Å². The number of fused-ring (bicyclic) bond motifs is 1. The molecule has 2 heterocycles. The number of carboxylic acid groups (broad SMARTS) is 1. The Morgan fingerprint density at radius 1 is 1.27 bits per heavy atom. The van der Waals surface area contributed by atoms with Gasteiger partial charge in [-0.15, -0.1) is 11.3 Å². The molecular weight excluding hydrogens is 347 g/mol. The number of benzene rings is 1. The minimum atomic E-state index is -1.08. The van der Waals surface area contributed by atoms with E-state index in [9.17, 15) is 9.59 Å². The van der Waals surface area contributed by atoms with Gasteiger partial charge in [0.1, 0.15) is 15.5 Å². The van der Waals surface area contributed by atoms with Gasteiger partial charge in [-0.3, -0.25) is 4.79 Å². The highest BCUT2D eigenvalue weighted by molar-refractivity contribution is 7.20. The number of carbonyl (C=O) groups is 1. The summed E-state index contributed by atoms with van der Waals surface area (Å²) >= 11 is 12.8. The number of hydrogen-bond donors (Lipinski definition) is 2. The number of carboxylic acids is 1. The lowest BCUT2D eigenvalue weighted by Crippen LogP contribution is -2.10. The molecular formula is C14H8Cl2N2O3S. The van der Waals surface area contributed by atoms with E-state index in [1.54, 1.807) is 18.2 Å². The Bertz CT molecular complexity index is 949. The quantitative estimate of drug-likeness (QED) is 0.752. The zero-order valence-electron chi connectivity index (χ0n) is 10.9. The third-order valence-corrected chi connectivity index (χ3v) is 4.77. The van der Waals surface area contributed by atoms with Crippen LogP contribution in [0, 0.1) is 0 Å². The Balaban J connectivity index is 2.02. The van der Waals surface area contributed by atoms with E-state index in [2.05, 4.69) is 9.97 Å². The molecule has 0 spiro atoms. The number of hydrogen-bond acceptors (Lipinski definition) is 4. The number of aromatic carboxylic acids is 1. The first-order valence-corrected chi connectivity index (χ1v) is 7.71. The molecule has 0 saturated carbocycles. The van der Waals surface area contributed by atoms with Gasteiger partial charge in [-0.05, 0) is 23.8 Å². The molecule has 22 heavy (non-hydrogen) atoms. The molecule has 3 aromatic rings. The summed E-state index contributed by atoms with van der Waals surface area (Å²) in [7, 11) is 0. The third-order valence-electron chi connectivity index (χ3n) is 3.02. The van der Waals surface area contributed by atoms with Crippen LogP contribution < -0.4 is 5.56 Å². The van der Waals surface area contributed by atoms with E-state index in [0.717, 1.165) is 16.9 Å². The van der Waals surface area contributed by atoms with Crippen LogP contribution in [0.2, 0.25) is 10.0 Å². The van der Waals surface area contributed by atoms with Crippen molar-refractivity contribution < 1.29 is 9.90 Å². The van der Waals surface area contributed by atoms with E-state index in [-0.39, 0.29) is 15.8 Å². The summed E-state index contributed by atoms with van der Waals surface area (Å²) in [5, 5.41) is 10.1. The van der Waals surface area contributed by atoms with E-state index in [1.165, 1.54) is 6.07 Å². The smallest absolute Gasteiger partial charge is 0.345 e. The molecule has 3 rings (SSSR count). The van der Waals surface area contributed by atoms with Crippen molar-refractivity contribution in [3.8, 4) is 0 Å². The normalized spacial score (nSPS) is 11.0. The van der Waals surface area contributed by atoms with Crippen molar-refractivity contribution in [2.75, 3.05) is 0 Å². The van der Waals surface area contributed by atoms with Crippen molar-refractivity contribution in [3.05, 3.63) is 60.9 Å². The first-order chi connectivity index (χ1) is 10.4. The maximum Gasteiger partial charge on any atom is 0.345 e. The van der Waals surface area contributed by atoms with Crippen molar-refractivity contribution in [2.45, 2.75) is 6.42 Å². The fourth-order valence-electron chi connectivity index (χ4n) is 2.01. The van der Waals surface area contributed by atoms with Gasteiger partial charge in [-0.25, -0.2) is 9.78 Å². The number of H-pyrrole nitrogens is 1. The number of rotatable bonds is 3. The number of aromatic nitrogens is 2. The van der Waals surface area contributed by atoms with Crippen molar-refractivity contribution in [1.29, 1.82) is 0 Å². The van der Waals surface area contributed by atoms with E-state index in [0.29, 0.717) is 27.1 Å². The van der Waals surface area contributed by atoms with E-state index < -0.39 is 5.97 Å². The molecule has 1 aromatic carbocycles. The minimum absolute atomic E-state index is 0.0830. The molecule has 0 aliphatic carbocycles. The van der Waals surface area contributed by atoms with Crippen LogP contribution in [-0.4, -0.2) is 21.0 Å². The number of aromatic amines is 1. The summed E-state index contributed by atoms with van der Waals surface area (Å²) in [6.45, 7) is 0. The fraction of sp³-hybridized carbons (Fsp3) is 0.0714. The van der Waals surface area contributed by atoms with Gasteiger partial charge in [0.25, 0.3) is 5.56 Å². The average Bonchev–Trinajstić information content (AvgIpc) is 2.88. The van der Waals surface area contributed by atoms with Crippen molar-refractivity contribution in [1.82, 2.24) is 9.97 Å². The first-order valence-electron chi connectivity index (χ1n) is 6.14. The van der Waals surface area contributed by atoms with Crippen LogP contribution in [0.3, 0.4) is 0 Å². The summed E-state index contributed by atoms with van der Waals surface area (Å²) in [6.07, 6.45) is 0.363. The van der Waals surface area contributed by atoms with E-state index >= 15 is 0 Å². The molecule has 112 valence electrons. The summed E-state index contributed by atoms with van der Waals surface area (Å²) in [5.41, 5.74) is 0.482. The molecule has 0 aliphatic rings. The maximum absolute atomic E-state index is 12.0. The van der Waals surface area contributed by atoms with Gasteiger partial charge in [0.05, 0.1) is 15.4 Å². The van der Waals surface area contributed by atoms with Crippen LogP contribution in [0.5, 0.6) is 0 Å². The van der Waals surface area contributed by atoms with Crippen LogP contribution >= 0.6 is 34.5 Å². The van der Waals surface area contributed by atoms with Crippen molar-refractivity contribution >= 4 is 50.7 Å². The van der Waals surface area contributed by atoms with Crippen LogP contribution in [0.4, 0.5) is 0 Å². The summed E-state index contributed by atoms with van der Waals surface area (Å²) < 4.78 is 0. The largest absolute Gasteiger partial charge is 0.477 e. The molecule has 0 bridgehead atoms. The van der Waals surface area contributed by atoms with Crippen molar-refractivity contribution in [3.63, 3.8) is 0 Å². The fourth-order valence-corrected chi connectivity index (χ4v) is 3.22. The van der Waals surface area contributed by atoms with Crippen LogP contribution in [-0.2, 0) is 6.42 Å². The van der Waals surface area contributed by atoms with Gasteiger partial charge in [0, 0.05) is 6.42 Å². The highest BCUT2D eigenvalue weighted by Gasteiger charge is 2.13. The molecule has 0 amide bonds. The minimum Gasteiger partial charge on any atom is -0.477 e. The topological polar surface area (TPSA) is 83.0 Å². The van der Waals surface area contributed by atoms with Gasteiger partial charge in [0.15, 0.2) is 0 Å². The number of nitrogens with one attached hydrogen (secondary N) is 1. The predicted molar refractivity (Wildman–Crippen MR) is 86.5 cm³/mol. The van der Waals surface area contributed by atoms with Gasteiger partial charge in [-0.2, -0.15) is 0 Å². The van der Waals surface area contributed by atoms with Gasteiger partial charge in [-0.1, -0.05) is 29.3 Å². The Hall–Kier alpha value is -1.89. The number of thiophene rings is 1. The number of halogens is 2.